The van der Waals surface area contributed by atoms with E-state index in [1.165, 1.54) is 24.3 Å². The van der Waals surface area contributed by atoms with Crippen LogP contribution in [0.3, 0.4) is 0 Å². The van der Waals surface area contributed by atoms with Gasteiger partial charge in [0.1, 0.15) is 0 Å². The molecule has 0 atom stereocenters. The summed E-state index contributed by atoms with van der Waals surface area (Å²) >= 11 is 4.97. The molecule has 8 nitrogen and oxygen atoms in total. The molecule has 0 aliphatic carbocycles. The van der Waals surface area contributed by atoms with Crippen molar-refractivity contribution in [2.24, 2.45) is 0 Å². The van der Waals surface area contributed by atoms with Crippen molar-refractivity contribution in [2.45, 2.75) is 26.2 Å². The molecule has 2 aromatic carbocycles. The van der Waals surface area contributed by atoms with Gasteiger partial charge in [-0.15, -0.1) is 0 Å². The summed E-state index contributed by atoms with van der Waals surface area (Å²) < 4.78 is 0. The van der Waals surface area contributed by atoms with E-state index in [4.69, 9.17) is 12.2 Å². The number of carbonyl (C=O) groups excluding carboxylic acids is 2. The van der Waals surface area contributed by atoms with Crippen LogP contribution in [0, 0.1) is 10.1 Å². The lowest BCUT2D eigenvalue weighted by atomic mass is 9.87. The number of thiocarbonyl (C=S) groups is 1. The summed E-state index contributed by atoms with van der Waals surface area (Å²) in [5, 5.41) is 12.9. The van der Waals surface area contributed by atoms with Gasteiger partial charge in [-0.3, -0.25) is 35.9 Å². The molecule has 28 heavy (non-hydrogen) atoms. The van der Waals surface area contributed by atoms with Crippen LogP contribution in [0.25, 0.3) is 0 Å². The minimum absolute atomic E-state index is 0.0169. The number of benzene rings is 2. The third-order valence-electron chi connectivity index (χ3n) is 3.87. The number of nitro groups is 1. The zero-order valence-electron chi connectivity index (χ0n) is 15.6. The first-order valence-electron chi connectivity index (χ1n) is 8.34. The van der Waals surface area contributed by atoms with E-state index in [0.717, 1.165) is 5.56 Å². The lowest BCUT2D eigenvalue weighted by Gasteiger charge is -2.19. The maximum atomic E-state index is 12.2. The highest BCUT2D eigenvalue weighted by Crippen LogP contribution is 2.22. The summed E-state index contributed by atoms with van der Waals surface area (Å²) in [4.78, 5) is 34.3. The number of non-ortho nitro benzene ring substituents is 1. The summed E-state index contributed by atoms with van der Waals surface area (Å²) in [5.41, 5.74) is 6.44. The minimum atomic E-state index is -0.559. The second-order valence-corrected chi connectivity index (χ2v) is 7.40. The van der Waals surface area contributed by atoms with E-state index < -0.39 is 16.7 Å². The second-order valence-electron chi connectivity index (χ2n) is 6.99. The first-order valence-corrected chi connectivity index (χ1v) is 8.75. The molecule has 3 N–H and O–H groups in total. The first-order chi connectivity index (χ1) is 13.1. The highest BCUT2D eigenvalue weighted by molar-refractivity contribution is 7.80. The molecule has 9 heteroatoms. The predicted molar refractivity (Wildman–Crippen MR) is 109 cm³/mol. The van der Waals surface area contributed by atoms with Crippen LogP contribution in [-0.4, -0.2) is 21.9 Å². The Morgan fingerprint density at radius 2 is 1.39 bits per heavy atom. The van der Waals surface area contributed by atoms with Crippen LogP contribution < -0.4 is 16.2 Å². The third kappa shape index (κ3) is 5.58. The van der Waals surface area contributed by atoms with Gasteiger partial charge in [-0.05, 0) is 47.5 Å². The van der Waals surface area contributed by atoms with Crippen molar-refractivity contribution in [3.05, 3.63) is 75.3 Å². The molecule has 0 aromatic heterocycles. The van der Waals surface area contributed by atoms with Crippen LogP contribution in [0.4, 0.5) is 5.69 Å². The van der Waals surface area contributed by atoms with Crippen molar-refractivity contribution >= 4 is 34.8 Å². The van der Waals surface area contributed by atoms with E-state index in [2.05, 4.69) is 36.9 Å². The Morgan fingerprint density at radius 3 is 1.89 bits per heavy atom. The molecule has 0 fully saturated rings. The molecule has 0 unspecified atom stereocenters. The van der Waals surface area contributed by atoms with E-state index in [1.807, 2.05) is 12.1 Å². The average Bonchev–Trinajstić information content (AvgIpc) is 2.65. The summed E-state index contributed by atoms with van der Waals surface area (Å²) in [5.74, 6) is -0.969. The Bertz CT molecular complexity index is 903. The fourth-order valence-electron chi connectivity index (χ4n) is 2.25. The monoisotopic (exact) mass is 400 g/mol. The number of nitrogens with zero attached hydrogens (tertiary/aromatic N) is 1. The molecule has 0 saturated carbocycles. The van der Waals surface area contributed by atoms with Gasteiger partial charge in [0.2, 0.25) is 0 Å². The van der Waals surface area contributed by atoms with E-state index in [0.29, 0.717) is 5.56 Å². The fourth-order valence-corrected chi connectivity index (χ4v) is 2.39. The minimum Gasteiger partial charge on any atom is -0.298 e. The quantitative estimate of drug-likeness (QED) is 0.415. The van der Waals surface area contributed by atoms with Gasteiger partial charge in [0, 0.05) is 23.3 Å². The van der Waals surface area contributed by atoms with Crippen molar-refractivity contribution in [1.82, 2.24) is 16.2 Å². The number of hydrogen-bond donors (Lipinski definition) is 3. The largest absolute Gasteiger partial charge is 0.298 e. The molecule has 0 saturated heterocycles. The van der Waals surface area contributed by atoms with Gasteiger partial charge >= 0.3 is 0 Å². The van der Waals surface area contributed by atoms with Gasteiger partial charge in [0.05, 0.1) is 4.92 Å². The SMILES string of the molecule is CC(C)(C)c1ccc(C(=O)NNC(=S)NC(=O)c2ccc([N+](=O)[O-])cc2)cc1. The molecule has 0 heterocycles. The Kier molecular flexibility index (Phi) is 6.42. The number of amides is 2. The van der Waals surface area contributed by atoms with Crippen molar-refractivity contribution < 1.29 is 14.5 Å². The van der Waals surface area contributed by atoms with E-state index in [-0.39, 0.29) is 21.8 Å². The smallest absolute Gasteiger partial charge is 0.269 e. The Labute approximate surface area is 167 Å². The normalized spacial score (nSPS) is 10.7. The standard InChI is InChI=1S/C19H20N4O4S/c1-19(2,3)14-8-4-13(5-9-14)17(25)21-22-18(28)20-16(24)12-6-10-15(11-7-12)23(26)27/h4-11H,1-3H3,(H,21,25)(H2,20,22,24,28). The van der Waals surface area contributed by atoms with Crippen LogP contribution in [0.1, 0.15) is 47.1 Å². The number of carbonyl (C=O) groups is 2. The highest BCUT2D eigenvalue weighted by Gasteiger charge is 2.15. The number of hydrazine groups is 1. The topological polar surface area (TPSA) is 113 Å². The van der Waals surface area contributed by atoms with Gasteiger partial charge in [-0.25, -0.2) is 0 Å². The molecule has 0 aliphatic heterocycles. The van der Waals surface area contributed by atoms with Crippen LogP contribution in [0.15, 0.2) is 48.5 Å². The van der Waals surface area contributed by atoms with E-state index >= 15 is 0 Å². The maximum Gasteiger partial charge on any atom is 0.269 e. The van der Waals surface area contributed by atoms with Gasteiger partial charge in [-0.2, -0.15) is 0 Å². The van der Waals surface area contributed by atoms with Gasteiger partial charge < -0.3 is 0 Å². The first kappa shape index (κ1) is 21.0. The van der Waals surface area contributed by atoms with Crippen molar-refractivity contribution in [2.75, 3.05) is 0 Å². The molecule has 0 radical (unpaired) electrons. The zero-order valence-corrected chi connectivity index (χ0v) is 16.4. The fraction of sp³-hybridized carbons (Fsp3) is 0.211. The summed E-state index contributed by atoms with van der Waals surface area (Å²) in [6, 6.07) is 12.2. The van der Waals surface area contributed by atoms with Crippen LogP contribution in [-0.2, 0) is 5.41 Å². The zero-order chi connectivity index (χ0) is 20.9. The highest BCUT2D eigenvalue weighted by atomic mass is 32.1. The lowest BCUT2D eigenvalue weighted by molar-refractivity contribution is -0.384. The van der Waals surface area contributed by atoms with E-state index in [9.17, 15) is 19.7 Å². The van der Waals surface area contributed by atoms with Gasteiger partial charge in [-0.1, -0.05) is 32.9 Å². The van der Waals surface area contributed by atoms with Crippen molar-refractivity contribution in [3.8, 4) is 0 Å². The van der Waals surface area contributed by atoms with Crippen LogP contribution in [0.5, 0.6) is 0 Å². The van der Waals surface area contributed by atoms with Crippen LogP contribution >= 0.6 is 12.2 Å². The Hall–Kier alpha value is -3.33. The summed E-state index contributed by atoms with van der Waals surface area (Å²) in [6.07, 6.45) is 0. The molecule has 146 valence electrons. The second kappa shape index (κ2) is 8.57. The molecule has 0 spiro atoms. The third-order valence-corrected chi connectivity index (χ3v) is 4.07. The van der Waals surface area contributed by atoms with Gasteiger partial charge in [0.25, 0.3) is 17.5 Å². The molecule has 2 rings (SSSR count). The molecule has 2 amide bonds. The molecule has 2 aromatic rings. The molecule has 0 bridgehead atoms. The predicted octanol–water partition coefficient (Wildman–Crippen LogP) is 2.84. The molecule has 0 aliphatic rings. The average molecular weight is 400 g/mol. The molecular weight excluding hydrogens is 380 g/mol. The lowest BCUT2D eigenvalue weighted by Crippen LogP contribution is -2.48. The maximum absolute atomic E-state index is 12.2. The number of hydrogen-bond acceptors (Lipinski definition) is 5. The Morgan fingerprint density at radius 1 is 0.893 bits per heavy atom. The number of nitrogens with one attached hydrogen (secondary N) is 3. The van der Waals surface area contributed by atoms with Crippen molar-refractivity contribution in [3.63, 3.8) is 0 Å². The number of nitro benzene ring substituents is 1. The molecular formula is C19H20N4O4S. The Balaban J connectivity index is 1.88. The number of rotatable bonds is 3. The van der Waals surface area contributed by atoms with Crippen LogP contribution in [0.2, 0.25) is 0 Å². The van der Waals surface area contributed by atoms with Crippen molar-refractivity contribution in [1.29, 1.82) is 0 Å². The van der Waals surface area contributed by atoms with E-state index in [1.54, 1.807) is 12.1 Å². The summed E-state index contributed by atoms with van der Waals surface area (Å²) in [7, 11) is 0. The summed E-state index contributed by atoms with van der Waals surface area (Å²) in [6.45, 7) is 6.24. The van der Waals surface area contributed by atoms with Gasteiger partial charge in [0.15, 0.2) is 5.11 Å².